The van der Waals surface area contributed by atoms with Gasteiger partial charge < -0.3 is 15.0 Å². The molecule has 2 aliphatic rings. The molecule has 0 radical (unpaired) electrons. The molecule has 1 aromatic carbocycles. The summed E-state index contributed by atoms with van der Waals surface area (Å²) >= 11 is 1.57. The molecule has 142 valence electrons. The van der Waals surface area contributed by atoms with Crippen molar-refractivity contribution >= 4 is 28.3 Å². The van der Waals surface area contributed by atoms with Gasteiger partial charge in [0.2, 0.25) is 11.8 Å². The van der Waals surface area contributed by atoms with E-state index in [1.807, 2.05) is 24.3 Å². The molecule has 0 spiro atoms. The molecule has 2 heterocycles. The summed E-state index contributed by atoms with van der Waals surface area (Å²) in [6.07, 6.45) is 5.31. The monoisotopic (exact) mass is 385 g/mol. The molecular weight excluding hydrogens is 362 g/mol. The van der Waals surface area contributed by atoms with Gasteiger partial charge >= 0.3 is 0 Å². The molecule has 1 aromatic heterocycles. The summed E-state index contributed by atoms with van der Waals surface area (Å²) < 4.78 is 5.38. The summed E-state index contributed by atoms with van der Waals surface area (Å²) in [5.74, 6) is 0.574. The van der Waals surface area contributed by atoms with Crippen molar-refractivity contribution in [3.05, 3.63) is 40.4 Å². The largest absolute Gasteiger partial charge is 0.496 e. The first-order valence-corrected chi connectivity index (χ1v) is 10.2. The van der Waals surface area contributed by atoms with Gasteiger partial charge in [-0.1, -0.05) is 18.2 Å². The Labute approximate surface area is 162 Å². The lowest BCUT2D eigenvalue weighted by molar-refractivity contribution is -0.133. The Bertz CT molecular complexity index is 840. The van der Waals surface area contributed by atoms with Gasteiger partial charge in [0, 0.05) is 16.9 Å². The SMILES string of the molecule is COc1ccccc1CN1C(=O)CCC1C(=O)Nc1nc2c(s1)CCCC2. The Morgan fingerprint density at radius 1 is 1.30 bits per heavy atom. The number of aryl methyl sites for hydroxylation is 2. The average molecular weight is 385 g/mol. The van der Waals surface area contributed by atoms with E-state index in [0.717, 1.165) is 36.3 Å². The number of anilines is 1. The number of benzene rings is 1. The molecule has 6 nitrogen and oxygen atoms in total. The Morgan fingerprint density at radius 3 is 2.93 bits per heavy atom. The zero-order valence-electron chi connectivity index (χ0n) is 15.4. The molecule has 27 heavy (non-hydrogen) atoms. The number of nitrogens with one attached hydrogen (secondary N) is 1. The minimum Gasteiger partial charge on any atom is -0.496 e. The van der Waals surface area contributed by atoms with E-state index in [1.54, 1.807) is 23.3 Å². The van der Waals surface area contributed by atoms with E-state index in [1.165, 1.54) is 11.3 Å². The average Bonchev–Trinajstić information content (AvgIpc) is 3.25. The standard InChI is InChI=1S/C20H23N3O3S/c1-26-16-8-4-2-6-13(16)12-23-15(10-11-18(23)24)19(25)22-20-21-14-7-3-5-9-17(14)27-20/h2,4,6,8,15H,3,5,7,9-12H2,1H3,(H,21,22,25). The number of thiazole rings is 1. The lowest BCUT2D eigenvalue weighted by atomic mass is 10.0. The molecule has 2 aromatic rings. The fourth-order valence-corrected chi connectivity index (χ4v) is 4.87. The molecule has 2 amide bonds. The summed E-state index contributed by atoms with van der Waals surface area (Å²) in [5.41, 5.74) is 2.02. The van der Waals surface area contributed by atoms with Crippen LogP contribution in [0.1, 0.15) is 41.8 Å². The molecule has 1 fully saturated rings. The number of hydrogen-bond acceptors (Lipinski definition) is 5. The molecule has 0 bridgehead atoms. The molecule has 1 atom stereocenters. The van der Waals surface area contributed by atoms with E-state index in [4.69, 9.17) is 4.74 Å². The zero-order valence-corrected chi connectivity index (χ0v) is 16.2. The maximum absolute atomic E-state index is 12.9. The fraction of sp³-hybridized carbons (Fsp3) is 0.450. The number of methoxy groups -OCH3 is 1. The molecule has 1 aliphatic heterocycles. The van der Waals surface area contributed by atoms with Crippen LogP contribution < -0.4 is 10.1 Å². The highest BCUT2D eigenvalue weighted by Crippen LogP contribution is 2.31. The maximum Gasteiger partial charge on any atom is 0.248 e. The molecule has 1 saturated heterocycles. The van der Waals surface area contributed by atoms with E-state index in [2.05, 4.69) is 10.3 Å². The van der Waals surface area contributed by atoms with Crippen molar-refractivity contribution in [3.8, 4) is 5.75 Å². The van der Waals surface area contributed by atoms with Gasteiger partial charge in [0.1, 0.15) is 11.8 Å². The van der Waals surface area contributed by atoms with Gasteiger partial charge in [-0.3, -0.25) is 9.59 Å². The van der Waals surface area contributed by atoms with Crippen LogP contribution in [-0.4, -0.2) is 34.8 Å². The van der Waals surface area contributed by atoms with Crippen molar-refractivity contribution in [2.24, 2.45) is 0 Å². The third-order valence-corrected chi connectivity index (χ3v) is 6.31. The summed E-state index contributed by atoms with van der Waals surface area (Å²) in [7, 11) is 1.61. The number of fused-ring (bicyclic) bond motifs is 1. The number of aromatic nitrogens is 1. The minimum atomic E-state index is -0.469. The van der Waals surface area contributed by atoms with Crippen molar-refractivity contribution < 1.29 is 14.3 Å². The van der Waals surface area contributed by atoms with E-state index in [0.29, 0.717) is 24.5 Å². The predicted octanol–water partition coefficient (Wildman–Crippen LogP) is 3.16. The Hall–Kier alpha value is -2.41. The van der Waals surface area contributed by atoms with Gasteiger partial charge in [-0.2, -0.15) is 0 Å². The highest BCUT2D eigenvalue weighted by molar-refractivity contribution is 7.15. The molecule has 0 saturated carbocycles. The van der Waals surface area contributed by atoms with E-state index >= 15 is 0 Å². The van der Waals surface area contributed by atoms with Gasteiger partial charge in [-0.15, -0.1) is 11.3 Å². The highest BCUT2D eigenvalue weighted by Gasteiger charge is 2.36. The number of likely N-dealkylation sites (tertiary alicyclic amines) is 1. The number of carbonyl (C=O) groups excluding carboxylic acids is 2. The lowest BCUT2D eigenvalue weighted by Crippen LogP contribution is -2.41. The number of rotatable bonds is 5. The molecule has 1 N–H and O–H groups in total. The van der Waals surface area contributed by atoms with E-state index < -0.39 is 6.04 Å². The van der Waals surface area contributed by atoms with Crippen LogP contribution in [0, 0.1) is 0 Å². The highest BCUT2D eigenvalue weighted by atomic mass is 32.1. The second kappa shape index (κ2) is 7.68. The molecule has 1 unspecified atom stereocenters. The number of ether oxygens (including phenoxy) is 1. The maximum atomic E-state index is 12.9. The Morgan fingerprint density at radius 2 is 2.11 bits per heavy atom. The number of carbonyl (C=O) groups is 2. The molecule has 7 heteroatoms. The van der Waals surface area contributed by atoms with Crippen molar-refractivity contribution in [1.82, 2.24) is 9.88 Å². The van der Waals surface area contributed by atoms with Crippen LogP contribution in [-0.2, 0) is 29.0 Å². The summed E-state index contributed by atoms with van der Waals surface area (Å²) in [5, 5.41) is 3.61. The Kier molecular flexibility index (Phi) is 5.11. The third-order valence-electron chi connectivity index (χ3n) is 5.24. The first-order valence-electron chi connectivity index (χ1n) is 9.36. The zero-order chi connectivity index (χ0) is 18.8. The van der Waals surface area contributed by atoms with Crippen LogP contribution in [0.15, 0.2) is 24.3 Å². The van der Waals surface area contributed by atoms with Gasteiger partial charge in [0.05, 0.1) is 19.3 Å². The Balaban J connectivity index is 1.48. The van der Waals surface area contributed by atoms with Crippen molar-refractivity contribution in [1.29, 1.82) is 0 Å². The summed E-state index contributed by atoms with van der Waals surface area (Å²) in [6, 6.07) is 7.12. The normalized spacial score (nSPS) is 19.1. The first-order chi connectivity index (χ1) is 13.2. The number of nitrogens with zero attached hydrogens (tertiary/aromatic N) is 2. The van der Waals surface area contributed by atoms with E-state index in [-0.39, 0.29) is 11.8 Å². The van der Waals surface area contributed by atoms with Crippen molar-refractivity contribution in [3.63, 3.8) is 0 Å². The van der Waals surface area contributed by atoms with Crippen LogP contribution in [0.5, 0.6) is 5.75 Å². The van der Waals surface area contributed by atoms with Crippen LogP contribution in [0.4, 0.5) is 5.13 Å². The first kappa shape index (κ1) is 18.0. The number of amides is 2. The van der Waals surface area contributed by atoms with Crippen LogP contribution in [0.25, 0.3) is 0 Å². The van der Waals surface area contributed by atoms with Crippen molar-refractivity contribution in [2.45, 2.75) is 51.1 Å². The molecule has 4 rings (SSSR count). The topological polar surface area (TPSA) is 71.5 Å². The van der Waals surface area contributed by atoms with Gasteiger partial charge in [-0.05, 0) is 38.2 Å². The molecular formula is C20H23N3O3S. The second-order valence-electron chi connectivity index (χ2n) is 6.97. The van der Waals surface area contributed by atoms with Crippen LogP contribution >= 0.6 is 11.3 Å². The minimum absolute atomic E-state index is 0.000473. The summed E-state index contributed by atoms with van der Waals surface area (Å²) in [4.78, 5) is 32.8. The molecule has 1 aliphatic carbocycles. The van der Waals surface area contributed by atoms with Crippen LogP contribution in [0.2, 0.25) is 0 Å². The quantitative estimate of drug-likeness (QED) is 0.858. The van der Waals surface area contributed by atoms with Gasteiger partial charge in [0.25, 0.3) is 0 Å². The van der Waals surface area contributed by atoms with Crippen LogP contribution in [0.3, 0.4) is 0 Å². The van der Waals surface area contributed by atoms with E-state index in [9.17, 15) is 9.59 Å². The third kappa shape index (κ3) is 3.69. The van der Waals surface area contributed by atoms with Gasteiger partial charge in [-0.25, -0.2) is 4.98 Å². The lowest BCUT2D eigenvalue weighted by Gasteiger charge is -2.24. The smallest absolute Gasteiger partial charge is 0.248 e. The number of para-hydroxylation sites is 1. The second-order valence-corrected chi connectivity index (χ2v) is 8.06. The summed E-state index contributed by atoms with van der Waals surface area (Å²) in [6.45, 7) is 0.370. The predicted molar refractivity (Wildman–Crippen MR) is 104 cm³/mol. The fourth-order valence-electron chi connectivity index (χ4n) is 3.82. The van der Waals surface area contributed by atoms with Gasteiger partial charge in [0.15, 0.2) is 5.13 Å². The van der Waals surface area contributed by atoms with Crippen molar-refractivity contribution in [2.75, 3.05) is 12.4 Å². The number of hydrogen-bond donors (Lipinski definition) is 1.